The Hall–Kier alpha value is -3.26. The zero-order valence-corrected chi connectivity index (χ0v) is 13.6. The topological polar surface area (TPSA) is 121 Å². The predicted molar refractivity (Wildman–Crippen MR) is 91.7 cm³/mol. The number of nitro benzene ring substituents is 1. The molecule has 0 aliphatic heterocycles. The van der Waals surface area contributed by atoms with E-state index in [0.717, 1.165) is 0 Å². The number of nitrogens with one attached hydrogen (secondary N) is 1. The fourth-order valence-corrected chi connectivity index (χ4v) is 2.56. The van der Waals surface area contributed by atoms with Crippen molar-refractivity contribution in [3.05, 3.63) is 62.7 Å². The fourth-order valence-electron chi connectivity index (χ4n) is 2.38. The van der Waals surface area contributed by atoms with Crippen molar-refractivity contribution in [2.45, 2.75) is 6.92 Å². The number of fused-ring (bicyclic) bond motifs is 1. The van der Waals surface area contributed by atoms with Gasteiger partial charge in [-0.3, -0.25) is 14.9 Å². The molecule has 0 saturated heterocycles. The van der Waals surface area contributed by atoms with Gasteiger partial charge in [-0.1, -0.05) is 11.6 Å². The molecule has 0 radical (unpaired) electrons. The van der Waals surface area contributed by atoms with Gasteiger partial charge in [0.15, 0.2) is 5.69 Å². The Bertz CT molecular complexity index is 1040. The molecule has 0 saturated carbocycles. The highest BCUT2D eigenvalue weighted by atomic mass is 35.5. The van der Waals surface area contributed by atoms with Gasteiger partial charge in [0, 0.05) is 27.6 Å². The first-order chi connectivity index (χ1) is 11.9. The molecule has 2 aromatic carbocycles. The number of carbonyl (C=O) groups excluding carboxylic acids is 1. The van der Waals surface area contributed by atoms with E-state index >= 15 is 0 Å². The van der Waals surface area contributed by atoms with E-state index in [-0.39, 0.29) is 22.8 Å². The summed E-state index contributed by atoms with van der Waals surface area (Å²) in [6.45, 7) is 1.53. The van der Waals surface area contributed by atoms with Crippen molar-refractivity contribution in [1.82, 2.24) is 4.98 Å². The number of aromatic nitrogens is 1. The standard InChI is InChI=1S/C16H11ClN4O4/c1-8-6-9(2-5-13(8)21(24)25)15(22)20-19-14-11-7-10(17)3-4-12(11)18-16(14)23/h2-7,18,23H,1H3. The number of nitro groups is 1. The molecular weight excluding hydrogens is 348 g/mol. The van der Waals surface area contributed by atoms with Gasteiger partial charge in [0.05, 0.1) is 10.4 Å². The molecule has 9 heteroatoms. The zero-order valence-electron chi connectivity index (χ0n) is 12.9. The number of nitrogens with zero attached hydrogens (tertiary/aromatic N) is 3. The number of carbonyl (C=O) groups is 1. The summed E-state index contributed by atoms with van der Waals surface area (Å²) in [7, 11) is 0. The normalized spacial score (nSPS) is 11.3. The first kappa shape index (κ1) is 16.6. The SMILES string of the molecule is Cc1cc(C(=O)N=Nc2c(O)[nH]c3ccc(Cl)cc23)ccc1[N+](=O)[O-]. The number of aryl methyl sites for hydroxylation is 1. The van der Waals surface area contributed by atoms with Crippen LogP contribution in [-0.4, -0.2) is 20.9 Å². The first-order valence-electron chi connectivity index (χ1n) is 7.08. The molecule has 2 N–H and O–H groups in total. The Kier molecular flexibility index (Phi) is 4.20. The van der Waals surface area contributed by atoms with E-state index in [2.05, 4.69) is 15.2 Å². The molecule has 1 amide bonds. The molecule has 0 fully saturated rings. The maximum absolute atomic E-state index is 12.1. The van der Waals surface area contributed by atoms with Gasteiger partial charge >= 0.3 is 0 Å². The highest BCUT2D eigenvalue weighted by Crippen LogP contribution is 2.36. The largest absolute Gasteiger partial charge is 0.493 e. The minimum atomic E-state index is -0.686. The molecule has 8 nitrogen and oxygen atoms in total. The van der Waals surface area contributed by atoms with Crippen LogP contribution in [-0.2, 0) is 0 Å². The van der Waals surface area contributed by atoms with Crippen LogP contribution in [0.2, 0.25) is 5.02 Å². The molecule has 126 valence electrons. The molecule has 1 aromatic heterocycles. The maximum atomic E-state index is 12.1. The van der Waals surface area contributed by atoms with Gasteiger partial charge in [-0.2, -0.15) is 0 Å². The molecule has 0 aliphatic rings. The lowest BCUT2D eigenvalue weighted by molar-refractivity contribution is -0.385. The van der Waals surface area contributed by atoms with Gasteiger partial charge in [-0.25, -0.2) is 0 Å². The third-order valence-electron chi connectivity index (χ3n) is 3.60. The van der Waals surface area contributed by atoms with Gasteiger partial charge in [-0.05, 0) is 37.3 Å². The lowest BCUT2D eigenvalue weighted by Gasteiger charge is -1.99. The highest BCUT2D eigenvalue weighted by molar-refractivity contribution is 6.31. The second-order valence-electron chi connectivity index (χ2n) is 5.28. The Morgan fingerprint density at radius 2 is 2.04 bits per heavy atom. The summed E-state index contributed by atoms with van der Waals surface area (Å²) < 4.78 is 0. The summed E-state index contributed by atoms with van der Waals surface area (Å²) in [6.07, 6.45) is 0. The molecule has 1 heterocycles. The first-order valence-corrected chi connectivity index (χ1v) is 7.46. The molecule has 3 aromatic rings. The zero-order chi connectivity index (χ0) is 18.1. The highest BCUT2D eigenvalue weighted by Gasteiger charge is 2.15. The number of rotatable bonds is 3. The molecule has 0 bridgehead atoms. The van der Waals surface area contributed by atoms with Gasteiger partial charge < -0.3 is 10.1 Å². The minimum absolute atomic E-state index is 0.0857. The van der Waals surface area contributed by atoms with Crippen molar-refractivity contribution in [1.29, 1.82) is 0 Å². The number of benzene rings is 2. The quantitative estimate of drug-likeness (QED) is 0.401. The number of hydrogen-bond donors (Lipinski definition) is 2. The van der Waals surface area contributed by atoms with Crippen molar-refractivity contribution in [2.75, 3.05) is 0 Å². The lowest BCUT2D eigenvalue weighted by Crippen LogP contribution is -1.97. The van der Waals surface area contributed by atoms with Crippen molar-refractivity contribution in [3.8, 4) is 5.88 Å². The Balaban J connectivity index is 1.93. The second-order valence-corrected chi connectivity index (χ2v) is 5.71. The fraction of sp³-hybridized carbons (Fsp3) is 0.0625. The van der Waals surface area contributed by atoms with Crippen LogP contribution in [0.1, 0.15) is 15.9 Å². The van der Waals surface area contributed by atoms with Crippen LogP contribution in [0, 0.1) is 17.0 Å². The number of halogens is 1. The van der Waals surface area contributed by atoms with Crippen LogP contribution in [0.25, 0.3) is 10.9 Å². The number of hydrogen-bond acceptors (Lipinski definition) is 5. The van der Waals surface area contributed by atoms with Crippen LogP contribution in [0.3, 0.4) is 0 Å². The molecule has 25 heavy (non-hydrogen) atoms. The van der Waals surface area contributed by atoms with E-state index in [1.807, 2.05) is 0 Å². The molecule has 0 atom stereocenters. The monoisotopic (exact) mass is 358 g/mol. The van der Waals surface area contributed by atoms with E-state index in [0.29, 0.717) is 21.5 Å². The summed E-state index contributed by atoms with van der Waals surface area (Å²) in [4.78, 5) is 25.1. The van der Waals surface area contributed by atoms with Crippen LogP contribution in [0.15, 0.2) is 46.6 Å². The van der Waals surface area contributed by atoms with Crippen molar-refractivity contribution in [3.63, 3.8) is 0 Å². The van der Waals surface area contributed by atoms with Crippen LogP contribution in [0.5, 0.6) is 5.88 Å². The molecule has 0 unspecified atom stereocenters. The predicted octanol–water partition coefficient (Wildman–Crippen LogP) is 4.67. The van der Waals surface area contributed by atoms with Crippen LogP contribution < -0.4 is 0 Å². The Labute approximate surface area is 145 Å². The van der Waals surface area contributed by atoms with Crippen molar-refractivity contribution < 1.29 is 14.8 Å². The summed E-state index contributed by atoms with van der Waals surface area (Å²) in [5, 5.41) is 29.1. The third kappa shape index (κ3) is 3.20. The van der Waals surface area contributed by atoms with Gasteiger partial charge in [0.25, 0.3) is 11.6 Å². The summed E-state index contributed by atoms with van der Waals surface area (Å²) in [6, 6.07) is 8.80. The number of aromatic hydroxyl groups is 1. The number of amides is 1. The van der Waals surface area contributed by atoms with Crippen molar-refractivity contribution in [2.24, 2.45) is 10.2 Å². The van der Waals surface area contributed by atoms with E-state index in [4.69, 9.17) is 11.6 Å². The van der Waals surface area contributed by atoms with Gasteiger partial charge in [0.1, 0.15) is 0 Å². The third-order valence-corrected chi connectivity index (χ3v) is 3.83. The van der Waals surface area contributed by atoms with E-state index in [1.54, 1.807) is 18.2 Å². The average molecular weight is 359 g/mol. The van der Waals surface area contributed by atoms with Crippen LogP contribution >= 0.6 is 11.6 Å². The minimum Gasteiger partial charge on any atom is -0.493 e. The van der Waals surface area contributed by atoms with E-state index < -0.39 is 10.8 Å². The Morgan fingerprint density at radius 1 is 1.28 bits per heavy atom. The van der Waals surface area contributed by atoms with E-state index in [9.17, 15) is 20.0 Å². The molecule has 3 rings (SSSR count). The maximum Gasteiger partial charge on any atom is 0.295 e. The van der Waals surface area contributed by atoms with Gasteiger partial charge in [-0.15, -0.1) is 10.2 Å². The number of H-pyrrole nitrogens is 1. The van der Waals surface area contributed by atoms with Crippen molar-refractivity contribution >= 4 is 39.8 Å². The second kappa shape index (κ2) is 6.33. The smallest absolute Gasteiger partial charge is 0.295 e. The number of azo groups is 1. The van der Waals surface area contributed by atoms with Gasteiger partial charge in [0.2, 0.25) is 5.88 Å². The summed E-state index contributed by atoms with van der Waals surface area (Å²) in [5.74, 6) is -0.928. The summed E-state index contributed by atoms with van der Waals surface area (Å²) in [5.41, 5.74) is 1.09. The van der Waals surface area contributed by atoms with E-state index in [1.165, 1.54) is 25.1 Å². The molecule has 0 aliphatic carbocycles. The molecule has 0 spiro atoms. The number of aromatic amines is 1. The lowest BCUT2D eigenvalue weighted by atomic mass is 10.1. The Morgan fingerprint density at radius 3 is 2.72 bits per heavy atom. The summed E-state index contributed by atoms with van der Waals surface area (Å²) >= 11 is 5.93. The average Bonchev–Trinajstić information content (AvgIpc) is 2.86. The van der Waals surface area contributed by atoms with Crippen LogP contribution in [0.4, 0.5) is 11.4 Å². The molecular formula is C16H11ClN4O4.